The zero-order valence-corrected chi connectivity index (χ0v) is 11.6. The Morgan fingerprint density at radius 2 is 2.32 bits per heavy atom. The molecule has 1 unspecified atom stereocenters. The number of rotatable bonds is 4. The molecule has 1 fully saturated rings. The number of carbonyl (C=O) groups is 1. The molecule has 1 aromatic carbocycles. The van der Waals surface area contributed by atoms with E-state index in [1.807, 2.05) is 0 Å². The van der Waals surface area contributed by atoms with Gasteiger partial charge in [0.2, 0.25) is 0 Å². The van der Waals surface area contributed by atoms with E-state index in [2.05, 4.69) is 5.32 Å². The molecule has 0 bridgehead atoms. The Morgan fingerprint density at radius 1 is 1.47 bits per heavy atom. The fourth-order valence-corrected chi connectivity index (χ4v) is 2.47. The van der Waals surface area contributed by atoms with Gasteiger partial charge >= 0.3 is 0 Å². The lowest BCUT2D eigenvalue weighted by Gasteiger charge is -2.22. The molecule has 5 heteroatoms. The molecule has 3 N–H and O–H groups in total. The maximum absolute atomic E-state index is 11.9. The number of carbonyl (C=O) groups excluding carboxylic acids is 1. The molecule has 0 radical (unpaired) electrons. The van der Waals surface area contributed by atoms with E-state index in [9.17, 15) is 4.79 Å². The summed E-state index contributed by atoms with van der Waals surface area (Å²) in [4.78, 5) is 11.9. The first-order valence-corrected chi connectivity index (χ1v) is 6.99. The van der Waals surface area contributed by atoms with E-state index in [0.717, 1.165) is 25.9 Å². The first-order chi connectivity index (χ1) is 9.16. The third-order valence-electron chi connectivity index (χ3n) is 3.26. The van der Waals surface area contributed by atoms with Crippen LogP contribution in [0.4, 0.5) is 5.69 Å². The lowest BCUT2D eigenvalue weighted by Crippen LogP contribution is -2.29. The Bertz CT molecular complexity index is 445. The molecule has 0 spiro atoms. The van der Waals surface area contributed by atoms with Gasteiger partial charge in [0.1, 0.15) is 0 Å². The van der Waals surface area contributed by atoms with Crippen molar-refractivity contribution >= 4 is 23.2 Å². The number of halogens is 1. The fourth-order valence-electron chi connectivity index (χ4n) is 2.19. The van der Waals surface area contributed by atoms with Gasteiger partial charge in [-0.05, 0) is 43.9 Å². The van der Waals surface area contributed by atoms with Crippen LogP contribution in [-0.4, -0.2) is 25.2 Å². The van der Waals surface area contributed by atoms with Crippen LogP contribution in [0.5, 0.6) is 0 Å². The predicted molar refractivity (Wildman–Crippen MR) is 76.4 cm³/mol. The lowest BCUT2D eigenvalue weighted by atomic mass is 10.1. The van der Waals surface area contributed by atoms with E-state index in [4.69, 9.17) is 22.1 Å². The molecule has 1 saturated heterocycles. The van der Waals surface area contributed by atoms with Crippen molar-refractivity contribution in [1.82, 2.24) is 5.32 Å². The van der Waals surface area contributed by atoms with E-state index in [0.29, 0.717) is 22.8 Å². The van der Waals surface area contributed by atoms with Crippen molar-refractivity contribution in [2.75, 3.05) is 18.9 Å². The molecule has 0 aliphatic carbocycles. The fraction of sp³-hybridized carbons (Fsp3) is 0.500. The first kappa shape index (κ1) is 14.2. The molecule has 0 aromatic heterocycles. The molecule has 1 aliphatic rings. The van der Waals surface area contributed by atoms with Gasteiger partial charge in [0.15, 0.2) is 0 Å². The van der Waals surface area contributed by atoms with Gasteiger partial charge in [-0.15, -0.1) is 0 Å². The zero-order chi connectivity index (χ0) is 13.7. The van der Waals surface area contributed by atoms with E-state index in [1.165, 1.54) is 6.42 Å². The maximum atomic E-state index is 11.9. The third kappa shape index (κ3) is 4.11. The van der Waals surface area contributed by atoms with Crippen LogP contribution < -0.4 is 11.1 Å². The summed E-state index contributed by atoms with van der Waals surface area (Å²) in [6, 6.07) is 4.90. The molecule has 1 atom stereocenters. The molecule has 0 saturated carbocycles. The largest absolute Gasteiger partial charge is 0.399 e. The van der Waals surface area contributed by atoms with E-state index in [1.54, 1.807) is 18.2 Å². The Balaban J connectivity index is 1.80. The summed E-state index contributed by atoms with van der Waals surface area (Å²) in [6.45, 7) is 1.44. The third-order valence-corrected chi connectivity index (χ3v) is 3.58. The van der Waals surface area contributed by atoms with Crippen molar-refractivity contribution in [2.45, 2.75) is 31.8 Å². The number of hydrogen-bond donors (Lipinski definition) is 2. The summed E-state index contributed by atoms with van der Waals surface area (Å²) in [5.41, 5.74) is 6.60. The minimum atomic E-state index is -0.166. The molecule has 1 amide bonds. The van der Waals surface area contributed by atoms with Crippen LogP contribution in [0.1, 0.15) is 36.0 Å². The summed E-state index contributed by atoms with van der Waals surface area (Å²) in [5, 5.41) is 3.24. The molecular weight excluding hydrogens is 264 g/mol. The quantitative estimate of drug-likeness (QED) is 0.835. The molecule has 1 heterocycles. The number of ether oxygens (including phenoxy) is 1. The molecule has 1 aliphatic heterocycles. The minimum absolute atomic E-state index is 0.166. The second kappa shape index (κ2) is 6.78. The monoisotopic (exact) mass is 282 g/mol. The van der Waals surface area contributed by atoms with Crippen LogP contribution >= 0.6 is 11.6 Å². The van der Waals surface area contributed by atoms with Gasteiger partial charge in [0.05, 0.1) is 16.7 Å². The summed E-state index contributed by atoms with van der Waals surface area (Å²) >= 11 is 5.99. The van der Waals surface area contributed by atoms with Crippen LogP contribution in [-0.2, 0) is 4.74 Å². The highest BCUT2D eigenvalue weighted by Gasteiger charge is 2.15. The topological polar surface area (TPSA) is 64.4 Å². The number of nitrogen functional groups attached to an aromatic ring is 1. The van der Waals surface area contributed by atoms with Crippen LogP contribution in [0.3, 0.4) is 0 Å². The Kier molecular flexibility index (Phi) is 5.05. The van der Waals surface area contributed by atoms with Crippen LogP contribution in [0, 0.1) is 0 Å². The standard InChI is InChI=1S/C14H19ClN2O2/c15-13-9-10(16)4-5-12(13)14(18)17-7-6-11-3-1-2-8-19-11/h4-5,9,11H,1-3,6-8,16H2,(H,17,18). The van der Waals surface area contributed by atoms with Crippen molar-refractivity contribution in [1.29, 1.82) is 0 Å². The predicted octanol–water partition coefficient (Wildman–Crippen LogP) is 2.61. The minimum Gasteiger partial charge on any atom is -0.399 e. The van der Waals surface area contributed by atoms with Crippen molar-refractivity contribution in [3.8, 4) is 0 Å². The molecule has 104 valence electrons. The summed E-state index contributed by atoms with van der Waals surface area (Å²) in [7, 11) is 0. The van der Waals surface area contributed by atoms with Gasteiger partial charge in [-0.3, -0.25) is 4.79 Å². The Morgan fingerprint density at radius 3 is 3.00 bits per heavy atom. The molecule has 2 rings (SSSR count). The highest BCUT2D eigenvalue weighted by atomic mass is 35.5. The lowest BCUT2D eigenvalue weighted by molar-refractivity contribution is 0.0117. The Labute approximate surface area is 118 Å². The van der Waals surface area contributed by atoms with Gasteiger partial charge in [-0.25, -0.2) is 0 Å². The second-order valence-corrected chi connectivity index (χ2v) is 5.18. The average molecular weight is 283 g/mol. The first-order valence-electron chi connectivity index (χ1n) is 6.61. The number of nitrogens with one attached hydrogen (secondary N) is 1. The van der Waals surface area contributed by atoms with E-state index >= 15 is 0 Å². The van der Waals surface area contributed by atoms with E-state index < -0.39 is 0 Å². The highest BCUT2D eigenvalue weighted by Crippen LogP contribution is 2.19. The van der Waals surface area contributed by atoms with Crippen molar-refractivity contribution < 1.29 is 9.53 Å². The summed E-state index contributed by atoms with van der Waals surface area (Å²) in [5.74, 6) is -0.166. The molecule has 19 heavy (non-hydrogen) atoms. The van der Waals surface area contributed by atoms with E-state index in [-0.39, 0.29) is 12.0 Å². The number of amides is 1. The average Bonchev–Trinajstić information content (AvgIpc) is 2.39. The van der Waals surface area contributed by atoms with Gasteiger partial charge in [-0.1, -0.05) is 11.6 Å². The zero-order valence-electron chi connectivity index (χ0n) is 10.8. The smallest absolute Gasteiger partial charge is 0.252 e. The number of anilines is 1. The van der Waals surface area contributed by atoms with Crippen LogP contribution in [0.15, 0.2) is 18.2 Å². The van der Waals surface area contributed by atoms with Crippen LogP contribution in [0.2, 0.25) is 5.02 Å². The molecule has 1 aromatic rings. The highest BCUT2D eigenvalue weighted by molar-refractivity contribution is 6.34. The maximum Gasteiger partial charge on any atom is 0.252 e. The number of hydrogen-bond acceptors (Lipinski definition) is 3. The SMILES string of the molecule is Nc1ccc(C(=O)NCCC2CCCCO2)c(Cl)c1. The number of benzene rings is 1. The second-order valence-electron chi connectivity index (χ2n) is 4.77. The van der Waals surface area contributed by atoms with Crippen molar-refractivity contribution in [3.63, 3.8) is 0 Å². The normalized spacial score (nSPS) is 19.1. The van der Waals surface area contributed by atoms with Gasteiger partial charge in [0.25, 0.3) is 5.91 Å². The number of nitrogens with two attached hydrogens (primary N) is 1. The van der Waals surface area contributed by atoms with Crippen LogP contribution in [0.25, 0.3) is 0 Å². The summed E-state index contributed by atoms with van der Waals surface area (Å²) < 4.78 is 5.61. The van der Waals surface area contributed by atoms with Crippen molar-refractivity contribution in [3.05, 3.63) is 28.8 Å². The van der Waals surface area contributed by atoms with Crippen molar-refractivity contribution in [2.24, 2.45) is 0 Å². The summed E-state index contributed by atoms with van der Waals surface area (Å²) in [6.07, 6.45) is 4.55. The Hall–Kier alpha value is -1.26. The van der Waals surface area contributed by atoms with Gasteiger partial charge < -0.3 is 15.8 Å². The molecular formula is C14H19ClN2O2. The molecule has 4 nitrogen and oxygen atoms in total. The van der Waals surface area contributed by atoms with Gasteiger partial charge in [0, 0.05) is 18.8 Å². The van der Waals surface area contributed by atoms with Gasteiger partial charge in [-0.2, -0.15) is 0 Å².